The fourth-order valence-corrected chi connectivity index (χ4v) is 4.06. The van der Waals surface area contributed by atoms with Crippen LogP contribution in [0.4, 0.5) is 5.82 Å². The minimum atomic E-state index is -3.90. The van der Waals surface area contributed by atoms with Crippen LogP contribution >= 0.6 is 7.60 Å². The Bertz CT molecular complexity index is 800. The van der Waals surface area contributed by atoms with E-state index >= 15 is 0 Å². The molecule has 1 saturated heterocycles. The van der Waals surface area contributed by atoms with E-state index in [4.69, 9.17) is 14.5 Å². The van der Waals surface area contributed by atoms with Gasteiger partial charge in [-0.25, -0.2) is 9.97 Å². The topological polar surface area (TPSA) is 95.8 Å². The number of anilines is 1. The zero-order valence-corrected chi connectivity index (χ0v) is 15.4. The Morgan fingerprint density at radius 3 is 2.64 bits per heavy atom. The number of methoxy groups -OCH3 is 1. The maximum Gasteiger partial charge on any atom is 0.325 e. The predicted octanol–water partition coefficient (Wildman–Crippen LogP) is 2.73. The Morgan fingerprint density at radius 1 is 1.28 bits per heavy atom. The van der Waals surface area contributed by atoms with E-state index in [-0.39, 0.29) is 6.16 Å². The van der Waals surface area contributed by atoms with Crippen LogP contribution in [-0.2, 0) is 4.57 Å². The molecule has 1 aromatic heterocycles. The van der Waals surface area contributed by atoms with Crippen molar-refractivity contribution in [2.45, 2.75) is 26.2 Å². The molecular formula is C17H24N3O4P. The van der Waals surface area contributed by atoms with Gasteiger partial charge in [0.25, 0.3) is 0 Å². The van der Waals surface area contributed by atoms with Crippen LogP contribution in [0, 0.1) is 12.8 Å². The third-order valence-electron chi connectivity index (χ3n) is 4.74. The summed E-state index contributed by atoms with van der Waals surface area (Å²) in [5, 5.41) is 1.00. The van der Waals surface area contributed by atoms with E-state index in [1.807, 2.05) is 25.1 Å². The Labute approximate surface area is 147 Å². The molecule has 7 nitrogen and oxygen atoms in total. The number of fused-ring (bicyclic) bond motifs is 1. The SMILES string of the molecule is COc1ccc2c(N3CCC(CCP(=O)(O)O)CC3)nc(C)nc2c1. The Kier molecular flexibility index (Phi) is 5.27. The van der Waals surface area contributed by atoms with Crippen LogP contribution in [0.1, 0.15) is 25.1 Å². The Balaban J connectivity index is 1.76. The molecule has 1 aromatic carbocycles. The Morgan fingerprint density at radius 2 is 2.00 bits per heavy atom. The summed E-state index contributed by atoms with van der Waals surface area (Å²) < 4.78 is 16.3. The molecule has 0 saturated carbocycles. The van der Waals surface area contributed by atoms with Crippen molar-refractivity contribution in [1.82, 2.24) is 9.97 Å². The maximum atomic E-state index is 11.1. The summed E-state index contributed by atoms with van der Waals surface area (Å²) in [6.45, 7) is 3.56. The number of nitrogens with zero attached hydrogens (tertiary/aromatic N) is 3. The van der Waals surface area contributed by atoms with Crippen molar-refractivity contribution in [2.24, 2.45) is 5.92 Å². The van der Waals surface area contributed by atoms with E-state index < -0.39 is 7.60 Å². The lowest BCUT2D eigenvalue weighted by Gasteiger charge is -2.33. The van der Waals surface area contributed by atoms with E-state index in [0.29, 0.717) is 12.3 Å². The summed E-state index contributed by atoms with van der Waals surface area (Å²) in [4.78, 5) is 29.5. The van der Waals surface area contributed by atoms with Crippen molar-refractivity contribution in [3.05, 3.63) is 24.0 Å². The molecule has 3 rings (SSSR count). The molecule has 0 unspecified atom stereocenters. The van der Waals surface area contributed by atoms with Crippen LogP contribution in [-0.4, -0.2) is 46.1 Å². The van der Waals surface area contributed by atoms with Gasteiger partial charge in [0.1, 0.15) is 17.4 Å². The molecule has 1 aliphatic rings. The summed E-state index contributed by atoms with van der Waals surface area (Å²) in [5.74, 6) is 2.78. The van der Waals surface area contributed by atoms with Crippen molar-refractivity contribution < 1.29 is 19.1 Å². The van der Waals surface area contributed by atoms with E-state index in [1.54, 1.807) is 7.11 Å². The highest BCUT2D eigenvalue weighted by molar-refractivity contribution is 7.51. The van der Waals surface area contributed by atoms with Gasteiger partial charge in [0.15, 0.2) is 0 Å². The van der Waals surface area contributed by atoms with Crippen LogP contribution < -0.4 is 9.64 Å². The number of aryl methyl sites for hydroxylation is 1. The molecular weight excluding hydrogens is 341 g/mol. The van der Waals surface area contributed by atoms with Gasteiger partial charge in [-0.3, -0.25) is 4.57 Å². The molecule has 2 heterocycles. The summed E-state index contributed by atoms with van der Waals surface area (Å²) in [6, 6.07) is 5.82. The van der Waals surface area contributed by atoms with E-state index in [9.17, 15) is 4.57 Å². The lowest BCUT2D eigenvalue weighted by atomic mass is 9.94. The van der Waals surface area contributed by atoms with E-state index in [1.165, 1.54) is 0 Å². The number of benzene rings is 1. The lowest BCUT2D eigenvalue weighted by Crippen LogP contribution is -2.34. The van der Waals surface area contributed by atoms with Gasteiger partial charge in [-0.05, 0) is 44.2 Å². The van der Waals surface area contributed by atoms with Crippen LogP contribution in [0.15, 0.2) is 18.2 Å². The quantitative estimate of drug-likeness (QED) is 0.787. The molecule has 25 heavy (non-hydrogen) atoms. The van der Waals surface area contributed by atoms with Crippen LogP contribution in [0.5, 0.6) is 5.75 Å². The Hall–Kier alpha value is -1.69. The van der Waals surface area contributed by atoms with Gasteiger partial charge in [-0.2, -0.15) is 0 Å². The fraction of sp³-hybridized carbons (Fsp3) is 0.529. The average Bonchev–Trinajstić information content (AvgIpc) is 2.58. The summed E-state index contributed by atoms with van der Waals surface area (Å²) in [6.07, 6.45) is 2.40. The van der Waals surface area contributed by atoms with Gasteiger partial charge >= 0.3 is 7.60 Å². The van der Waals surface area contributed by atoms with Crippen LogP contribution in [0.2, 0.25) is 0 Å². The van der Waals surface area contributed by atoms with Crippen molar-refractivity contribution in [3.63, 3.8) is 0 Å². The first-order valence-electron chi connectivity index (χ1n) is 8.47. The molecule has 0 atom stereocenters. The van der Waals surface area contributed by atoms with Gasteiger partial charge in [0.05, 0.1) is 18.8 Å². The van der Waals surface area contributed by atoms with Gasteiger partial charge in [0, 0.05) is 24.5 Å². The number of piperidine rings is 1. The molecule has 0 radical (unpaired) electrons. The number of hydrogen-bond donors (Lipinski definition) is 2. The first kappa shape index (κ1) is 18.1. The minimum Gasteiger partial charge on any atom is -0.497 e. The third kappa shape index (κ3) is 4.48. The molecule has 0 aliphatic carbocycles. The van der Waals surface area contributed by atoms with Crippen LogP contribution in [0.3, 0.4) is 0 Å². The smallest absolute Gasteiger partial charge is 0.325 e. The van der Waals surface area contributed by atoms with Gasteiger partial charge < -0.3 is 19.4 Å². The van der Waals surface area contributed by atoms with E-state index in [0.717, 1.165) is 54.2 Å². The number of rotatable bonds is 5. The van der Waals surface area contributed by atoms with E-state index in [2.05, 4.69) is 14.9 Å². The zero-order chi connectivity index (χ0) is 18.0. The number of ether oxygens (including phenoxy) is 1. The second-order valence-electron chi connectivity index (χ2n) is 6.58. The summed E-state index contributed by atoms with van der Waals surface area (Å²) in [7, 11) is -2.26. The van der Waals surface area contributed by atoms with Crippen molar-refractivity contribution in [2.75, 3.05) is 31.3 Å². The standard InChI is InChI=1S/C17H24N3O4P/c1-12-18-16-11-14(24-2)3-4-15(16)17(19-12)20-8-5-13(6-9-20)7-10-25(21,22)23/h3-4,11,13H,5-10H2,1-2H3,(H2,21,22,23). The molecule has 0 spiro atoms. The number of aromatic nitrogens is 2. The normalized spacial score (nSPS) is 16.4. The minimum absolute atomic E-state index is 0.0208. The first-order chi connectivity index (χ1) is 11.9. The molecule has 8 heteroatoms. The highest BCUT2D eigenvalue weighted by atomic mass is 31.2. The second kappa shape index (κ2) is 7.28. The van der Waals surface area contributed by atoms with Crippen molar-refractivity contribution >= 4 is 24.3 Å². The molecule has 136 valence electrons. The molecule has 0 amide bonds. The molecule has 1 fully saturated rings. The largest absolute Gasteiger partial charge is 0.497 e. The van der Waals surface area contributed by atoms with Crippen molar-refractivity contribution in [1.29, 1.82) is 0 Å². The third-order valence-corrected chi connectivity index (χ3v) is 5.58. The lowest BCUT2D eigenvalue weighted by molar-refractivity contribution is 0.350. The highest BCUT2D eigenvalue weighted by Crippen LogP contribution is 2.38. The monoisotopic (exact) mass is 365 g/mol. The first-order valence-corrected chi connectivity index (χ1v) is 10.3. The summed E-state index contributed by atoms with van der Waals surface area (Å²) in [5.41, 5.74) is 0.866. The van der Waals surface area contributed by atoms with Gasteiger partial charge in [-0.1, -0.05) is 0 Å². The van der Waals surface area contributed by atoms with Gasteiger partial charge in [0.2, 0.25) is 0 Å². The average molecular weight is 365 g/mol. The molecule has 1 aliphatic heterocycles. The molecule has 2 N–H and O–H groups in total. The second-order valence-corrected chi connectivity index (χ2v) is 8.36. The maximum absolute atomic E-state index is 11.1. The van der Waals surface area contributed by atoms with Gasteiger partial charge in [-0.15, -0.1) is 0 Å². The molecule has 2 aromatic rings. The van der Waals surface area contributed by atoms with Crippen LogP contribution in [0.25, 0.3) is 10.9 Å². The molecule has 0 bridgehead atoms. The van der Waals surface area contributed by atoms with Crippen molar-refractivity contribution in [3.8, 4) is 5.75 Å². The highest BCUT2D eigenvalue weighted by Gasteiger charge is 2.24. The number of hydrogen-bond acceptors (Lipinski definition) is 5. The fourth-order valence-electron chi connectivity index (χ4n) is 3.36. The zero-order valence-electron chi connectivity index (χ0n) is 14.6. The predicted molar refractivity (Wildman–Crippen MR) is 97.3 cm³/mol. The summed E-state index contributed by atoms with van der Waals surface area (Å²) >= 11 is 0.